The van der Waals surface area contributed by atoms with Crippen molar-refractivity contribution >= 4 is 27.5 Å². The number of carbonyl (C=O) groups excluding carboxylic acids is 1. The van der Waals surface area contributed by atoms with Crippen LogP contribution in [-0.4, -0.2) is 52.4 Å². The number of amides is 1. The topological polar surface area (TPSA) is 93.9 Å². The maximum atomic E-state index is 12.0. The molecule has 0 radical (unpaired) electrons. The van der Waals surface area contributed by atoms with E-state index in [2.05, 4.69) is 15.5 Å². The first-order chi connectivity index (χ1) is 11.4. The second-order valence-corrected chi connectivity index (χ2v) is 8.90. The highest BCUT2D eigenvalue weighted by Gasteiger charge is 2.28. The fourth-order valence-corrected chi connectivity index (χ4v) is 5.04. The van der Waals surface area contributed by atoms with Crippen molar-refractivity contribution in [3.05, 3.63) is 36.2 Å². The maximum Gasteiger partial charge on any atom is 0.230 e. The number of nitrogens with zero attached hydrogens (tertiary/aromatic N) is 3. The first-order valence-electron chi connectivity index (χ1n) is 7.53. The Labute approximate surface area is 144 Å². The summed E-state index contributed by atoms with van der Waals surface area (Å²) in [5.41, 5.74) is 2.05. The van der Waals surface area contributed by atoms with Gasteiger partial charge in [0.05, 0.1) is 22.9 Å². The van der Waals surface area contributed by atoms with Gasteiger partial charge in [-0.1, -0.05) is 30.0 Å². The van der Waals surface area contributed by atoms with Gasteiger partial charge in [-0.05, 0) is 25.0 Å². The SMILES string of the molecule is Cc1ccccc1-n1cnnc1SCC(=O)N[C@H]1CCS(=O)(=O)C1. The highest BCUT2D eigenvalue weighted by atomic mass is 32.2. The normalized spacial score (nSPS) is 19.3. The summed E-state index contributed by atoms with van der Waals surface area (Å²) in [6.45, 7) is 2.00. The number of sulfone groups is 1. The molecule has 2 heterocycles. The van der Waals surface area contributed by atoms with Crippen molar-refractivity contribution in [2.75, 3.05) is 17.3 Å². The van der Waals surface area contributed by atoms with Gasteiger partial charge < -0.3 is 5.32 Å². The van der Waals surface area contributed by atoms with E-state index >= 15 is 0 Å². The molecule has 1 amide bonds. The van der Waals surface area contributed by atoms with Crippen LogP contribution in [0.3, 0.4) is 0 Å². The molecule has 0 saturated carbocycles. The molecule has 0 spiro atoms. The molecule has 1 fully saturated rings. The summed E-state index contributed by atoms with van der Waals surface area (Å²) in [6, 6.07) is 7.57. The molecular formula is C15H18N4O3S2. The number of para-hydroxylation sites is 1. The van der Waals surface area contributed by atoms with Crippen molar-refractivity contribution in [3.8, 4) is 5.69 Å². The average Bonchev–Trinajstić information content (AvgIpc) is 3.12. The van der Waals surface area contributed by atoms with Crippen molar-refractivity contribution in [1.82, 2.24) is 20.1 Å². The summed E-state index contributed by atoms with van der Waals surface area (Å²) in [5.74, 6) is 0.151. The van der Waals surface area contributed by atoms with Crippen LogP contribution in [0.15, 0.2) is 35.7 Å². The number of thioether (sulfide) groups is 1. The summed E-state index contributed by atoms with van der Waals surface area (Å²) in [6.07, 6.45) is 2.10. The fourth-order valence-electron chi connectivity index (χ4n) is 2.63. The molecule has 1 saturated heterocycles. The molecule has 0 bridgehead atoms. The lowest BCUT2D eigenvalue weighted by molar-refractivity contribution is -0.119. The summed E-state index contributed by atoms with van der Waals surface area (Å²) in [7, 11) is -2.99. The lowest BCUT2D eigenvalue weighted by Gasteiger charge is -2.11. The Bertz CT molecular complexity index is 848. The van der Waals surface area contributed by atoms with E-state index in [1.165, 1.54) is 11.8 Å². The third kappa shape index (κ3) is 3.96. The third-order valence-corrected chi connectivity index (χ3v) is 6.53. The minimum atomic E-state index is -2.99. The third-order valence-electron chi connectivity index (χ3n) is 3.82. The Morgan fingerprint density at radius 1 is 1.42 bits per heavy atom. The number of carbonyl (C=O) groups is 1. The number of hydrogen-bond acceptors (Lipinski definition) is 6. The van der Waals surface area contributed by atoms with E-state index in [-0.39, 0.29) is 29.2 Å². The number of aryl methyl sites for hydroxylation is 1. The van der Waals surface area contributed by atoms with Gasteiger partial charge in [-0.15, -0.1) is 10.2 Å². The lowest BCUT2D eigenvalue weighted by atomic mass is 10.2. The van der Waals surface area contributed by atoms with Gasteiger partial charge in [0, 0.05) is 6.04 Å². The van der Waals surface area contributed by atoms with Gasteiger partial charge in [0.1, 0.15) is 6.33 Å². The number of aromatic nitrogens is 3. The molecule has 128 valence electrons. The minimum Gasteiger partial charge on any atom is -0.352 e. The molecule has 24 heavy (non-hydrogen) atoms. The Balaban J connectivity index is 1.61. The molecule has 3 rings (SSSR count). The summed E-state index contributed by atoms with van der Waals surface area (Å²) >= 11 is 1.28. The van der Waals surface area contributed by atoms with E-state index in [4.69, 9.17) is 0 Å². The van der Waals surface area contributed by atoms with Crippen molar-refractivity contribution in [2.24, 2.45) is 0 Å². The van der Waals surface area contributed by atoms with Crippen LogP contribution >= 0.6 is 11.8 Å². The van der Waals surface area contributed by atoms with Crippen molar-refractivity contribution < 1.29 is 13.2 Å². The Morgan fingerprint density at radius 3 is 2.92 bits per heavy atom. The second kappa shape index (κ2) is 6.94. The zero-order valence-electron chi connectivity index (χ0n) is 13.2. The predicted molar refractivity (Wildman–Crippen MR) is 92.0 cm³/mol. The van der Waals surface area contributed by atoms with Gasteiger partial charge in [0.2, 0.25) is 5.91 Å². The van der Waals surface area contributed by atoms with Crippen LogP contribution in [0.25, 0.3) is 5.69 Å². The van der Waals surface area contributed by atoms with Gasteiger partial charge in [0.25, 0.3) is 0 Å². The zero-order valence-corrected chi connectivity index (χ0v) is 14.8. The Hall–Kier alpha value is -1.87. The molecule has 1 atom stereocenters. The average molecular weight is 366 g/mol. The van der Waals surface area contributed by atoms with Crippen molar-refractivity contribution in [3.63, 3.8) is 0 Å². The van der Waals surface area contributed by atoms with Gasteiger partial charge in [0.15, 0.2) is 15.0 Å². The van der Waals surface area contributed by atoms with Crippen molar-refractivity contribution in [2.45, 2.75) is 24.5 Å². The molecule has 1 aromatic carbocycles. The predicted octanol–water partition coefficient (Wildman–Crippen LogP) is 0.971. The van der Waals surface area contributed by atoms with Gasteiger partial charge in [-0.2, -0.15) is 0 Å². The smallest absolute Gasteiger partial charge is 0.230 e. The fraction of sp³-hybridized carbons (Fsp3) is 0.400. The number of nitrogens with one attached hydrogen (secondary N) is 1. The van der Waals surface area contributed by atoms with E-state index in [1.54, 1.807) is 6.33 Å². The van der Waals surface area contributed by atoms with E-state index < -0.39 is 9.84 Å². The van der Waals surface area contributed by atoms with Crippen LogP contribution in [0.5, 0.6) is 0 Å². The summed E-state index contributed by atoms with van der Waals surface area (Å²) in [5, 5.41) is 11.4. The van der Waals surface area contributed by atoms with Crippen LogP contribution < -0.4 is 5.32 Å². The molecule has 1 N–H and O–H groups in total. The van der Waals surface area contributed by atoms with Gasteiger partial charge >= 0.3 is 0 Å². The Kier molecular flexibility index (Phi) is 4.91. The van der Waals surface area contributed by atoms with E-state index in [9.17, 15) is 13.2 Å². The molecular weight excluding hydrogens is 348 g/mol. The summed E-state index contributed by atoms with van der Waals surface area (Å²) < 4.78 is 24.7. The maximum absolute atomic E-state index is 12.0. The molecule has 0 unspecified atom stereocenters. The monoisotopic (exact) mass is 366 g/mol. The first kappa shape index (κ1) is 17.0. The van der Waals surface area contributed by atoms with Crippen LogP contribution in [-0.2, 0) is 14.6 Å². The lowest BCUT2D eigenvalue weighted by Crippen LogP contribution is -2.36. The molecule has 2 aromatic rings. The molecule has 1 aliphatic rings. The largest absolute Gasteiger partial charge is 0.352 e. The molecule has 1 aromatic heterocycles. The number of rotatable bonds is 5. The molecule has 1 aliphatic heterocycles. The van der Waals surface area contributed by atoms with E-state index in [0.29, 0.717) is 11.6 Å². The van der Waals surface area contributed by atoms with Gasteiger partial charge in [-0.25, -0.2) is 8.42 Å². The van der Waals surface area contributed by atoms with Crippen LogP contribution in [0, 0.1) is 6.92 Å². The van der Waals surface area contributed by atoms with Crippen LogP contribution in [0.4, 0.5) is 0 Å². The molecule has 9 heteroatoms. The molecule has 0 aliphatic carbocycles. The highest BCUT2D eigenvalue weighted by molar-refractivity contribution is 7.99. The zero-order chi connectivity index (χ0) is 17.2. The molecule has 7 nitrogen and oxygen atoms in total. The Morgan fingerprint density at radius 2 is 2.21 bits per heavy atom. The van der Waals surface area contributed by atoms with Crippen LogP contribution in [0.2, 0.25) is 0 Å². The van der Waals surface area contributed by atoms with Crippen molar-refractivity contribution in [1.29, 1.82) is 0 Å². The summed E-state index contributed by atoms with van der Waals surface area (Å²) in [4.78, 5) is 12.0. The minimum absolute atomic E-state index is 0.0306. The second-order valence-electron chi connectivity index (χ2n) is 5.73. The number of benzene rings is 1. The quantitative estimate of drug-likeness (QED) is 0.793. The first-order valence-corrected chi connectivity index (χ1v) is 10.3. The van der Waals surface area contributed by atoms with E-state index in [1.807, 2.05) is 35.8 Å². The van der Waals surface area contributed by atoms with Crippen LogP contribution in [0.1, 0.15) is 12.0 Å². The number of hydrogen-bond donors (Lipinski definition) is 1. The standard InChI is InChI=1S/C15H18N4O3S2/c1-11-4-2-3-5-13(11)19-10-16-18-15(19)23-8-14(20)17-12-6-7-24(21,22)9-12/h2-5,10,12H,6-9H2,1H3,(H,17,20)/t12-/m0/s1. The van der Waals surface area contributed by atoms with E-state index in [0.717, 1.165) is 11.3 Å². The highest BCUT2D eigenvalue weighted by Crippen LogP contribution is 2.21. The van der Waals surface area contributed by atoms with Gasteiger partial charge in [-0.3, -0.25) is 9.36 Å².